The molecule has 0 fully saturated rings. The molecule has 7 heteroatoms. The molecule has 2 rings (SSSR count). The molecule has 0 N–H and O–H groups in total. The number of benzene rings is 2. The van der Waals surface area contributed by atoms with Gasteiger partial charge in [-0.2, -0.15) is 0 Å². The highest BCUT2D eigenvalue weighted by atomic mass is 19.1. The van der Waals surface area contributed by atoms with E-state index in [4.69, 9.17) is 9.47 Å². The Hall–Kier alpha value is -3.09. The first kappa shape index (κ1) is 22.0. The second kappa shape index (κ2) is 10.2. The maximum atomic E-state index is 13.5. The van der Waals surface area contributed by atoms with Gasteiger partial charge in [-0.1, -0.05) is 0 Å². The molecule has 0 amide bonds. The molecule has 2 aromatic rings. The summed E-state index contributed by atoms with van der Waals surface area (Å²) >= 11 is 0. The molecule has 6 nitrogen and oxygen atoms in total. The van der Waals surface area contributed by atoms with E-state index in [1.165, 1.54) is 33.5 Å². The molecule has 0 unspecified atom stereocenters. The van der Waals surface area contributed by atoms with E-state index < -0.39 is 11.8 Å². The fraction of sp³-hybridized carbons (Fsp3) is 0.300. The van der Waals surface area contributed by atoms with Crippen molar-refractivity contribution >= 4 is 11.9 Å². The van der Waals surface area contributed by atoms with Crippen molar-refractivity contribution in [1.29, 1.82) is 0 Å². The van der Waals surface area contributed by atoms with E-state index in [1.54, 1.807) is 26.2 Å². The first-order chi connectivity index (χ1) is 12.8. The molecule has 0 bridgehead atoms. The van der Waals surface area contributed by atoms with Crippen LogP contribution in [0.15, 0.2) is 30.3 Å². The third-order valence-electron chi connectivity index (χ3n) is 3.52. The average molecular weight is 378 g/mol. The summed E-state index contributed by atoms with van der Waals surface area (Å²) in [6.45, 7) is 3.64. The molecule has 0 aliphatic carbocycles. The Labute approximate surface area is 157 Å². The lowest BCUT2D eigenvalue weighted by Crippen LogP contribution is -2.06. The van der Waals surface area contributed by atoms with Crippen LogP contribution < -0.4 is 9.47 Å². The van der Waals surface area contributed by atoms with Crippen molar-refractivity contribution in [1.82, 2.24) is 0 Å². The molecular weight excluding hydrogens is 355 g/mol. The number of ether oxygens (including phenoxy) is 4. The predicted octanol–water partition coefficient (Wildman–Crippen LogP) is 3.72. The van der Waals surface area contributed by atoms with E-state index in [-0.39, 0.29) is 17.3 Å². The minimum absolute atomic E-state index is 0.0467. The summed E-state index contributed by atoms with van der Waals surface area (Å²) in [5, 5.41) is 0. The Kier molecular flexibility index (Phi) is 8.26. The molecular formula is C20H23FO6. The van der Waals surface area contributed by atoms with E-state index in [9.17, 15) is 14.0 Å². The lowest BCUT2D eigenvalue weighted by molar-refractivity contribution is 0.0588. The fourth-order valence-corrected chi connectivity index (χ4v) is 2.24. The molecule has 2 aromatic carbocycles. The minimum atomic E-state index is -0.704. The van der Waals surface area contributed by atoms with Crippen LogP contribution in [0.3, 0.4) is 0 Å². The van der Waals surface area contributed by atoms with Crippen molar-refractivity contribution in [2.45, 2.75) is 13.8 Å². The summed E-state index contributed by atoms with van der Waals surface area (Å²) in [6.07, 6.45) is 0. The van der Waals surface area contributed by atoms with Gasteiger partial charge in [0.05, 0.1) is 39.6 Å². The summed E-state index contributed by atoms with van der Waals surface area (Å²) < 4.78 is 32.3. The highest BCUT2D eigenvalue weighted by molar-refractivity contribution is 5.90. The highest BCUT2D eigenvalue weighted by Gasteiger charge is 2.16. The lowest BCUT2D eigenvalue weighted by atomic mass is 10.1. The lowest BCUT2D eigenvalue weighted by Gasteiger charge is -2.07. The van der Waals surface area contributed by atoms with Crippen molar-refractivity contribution in [2.24, 2.45) is 0 Å². The zero-order chi connectivity index (χ0) is 20.6. The van der Waals surface area contributed by atoms with Gasteiger partial charge in [0, 0.05) is 0 Å². The van der Waals surface area contributed by atoms with Crippen molar-refractivity contribution in [3.63, 3.8) is 0 Å². The number of aryl methyl sites for hydroxylation is 2. The summed E-state index contributed by atoms with van der Waals surface area (Å²) in [5.41, 5.74) is 2.12. The van der Waals surface area contributed by atoms with Gasteiger partial charge >= 0.3 is 11.9 Å². The first-order valence-corrected chi connectivity index (χ1v) is 7.93. The Morgan fingerprint density at radius 3 is 1.89 bits per heavy atom. The second-order valence-electron chi connectivity index (χ2n) is 5.55. The maximum Gasteiger partial charge on any atom is 0.341 e. The predicted molar refractivity (Wildman–Crippen MR) is 98.1 cm³/mol. The SMILES string of the molecule is COC(=O)c1cc(C)cc(OC)c1.COC(=O)c1cc(C)cc(OC)c1F. The van der Waals surface area contributed by atoms with Crippen LogP contribution in [0.1, 0.15) is 31.8 Å². The monoisotopic (exact) mass is 378 g/mol. The van der Waals surface area contributed by atoms with Gasteiger partial charge in [0.2, 0.25) is 0 Å². The number of carbonyl (C=O) groups is 2. The van der Waals surface area contributed by atoms with Crippen LogP contribution in [0.5, 0.6) is 11.5 Å². The number of esters is 2. The van der Waals surface area contributed by atoms with Crippen LogP contribution in [0.2, 0.25) is 0 Å². The zero-order valence-electron chi connectivity index (χ0n) is 16.2. The number of hydrogen-bond acceptors (Lipinski definition) is 6. The molecule has 146 valence electrons. The number of halogens is 1. The van der Waals surface area contributed by atoms with Crippen LogP contribution >= 0.6 is 0 Å². The molecule has 0 spiro atoms. The van der Waals surface area contributed by atoms with Gasteiger partial charge in [-0.05, 0) is 55.3 Å². The Morgan fingerprint density at radius 2 is 1.37 bits per heavy atom. The number of rotatable bonds is 4. The van der Waals surface area contributed by atoms with Gasteiger partial charge in [0.15, 0.2) is 11.6 Å². The van der Waals surface area contributed by atoms with E-state index in [0.717, 1.165) is 11.1 Å². The number of carbonyl (C=O) groups excluding carboxylic acids is 2. The van der Waals surface area contributed by atoms with Gasteiger partial charge in [-0.3, -0.25) is 0 Å². The molecule has 0 aliphatic heterocycles. The summed E-state index contributed by atoms with van der Waals surface area (Å²) in [5.74, 6) is -1.03. The molecule has 0 saturated carbocycles. The van der Waals surface area contributed by atoms with Crippen LogP contribution in [0, 0.1) is 19.7 Å². The van der Waals surface area contributed by atoms with E-state index in [1.807, 2.05) is 13.0 Å². The fourth-order valence-electron chi connectivity index (χ4n) is 2.24. The molecule has 0 aliphatic rings. The third-order valence-corrected chi connectivity index (χ3v) is 3.52. The van der Waals surface area contributed by atoms with Crippen LogP contribution in [0.25, 0.3) is 0 Å². The van der Waals surface area contributed by atoms with E-state index in [0.29, 0.717) is 11.3 Å². The molecule has 0 aromatic heterocycles. The largest absolute Gasteiger partial charge is 0.497 e. The van der Waals surface area contributed by atoms with Crippen molar-refractivity contribution in [3.8, 4) is 11.5 Å². The van der Waals surface area contributed by atoms with Crippen LogP contribution in [0.4, 0.5) is 4.39 Å². The van der Waals surface area contributed by atoms with Crippen molar-refractivity contribution in [2.75, 3.05) is 28.4 Å². The number of methoxy groups -OCH3 is 4. The first-order valence-electron chi connectivity index (χ1n) is 7.93. The van der Waals surface area contributed by atoms with Crippen molar-refractivity contribution in [3.05, 3.63) is 58.4 Å². The van der Waals surface area contributed by atoms with Gasteiger partial charge < -0.3 is 18.9 Å². The number of hydrogen-bond donors (Lipinski definition) is 0. The normalized spacial score (nSPS) is 9.59. The quantitative estimate of drug-likeness (QED) is 0.755. The Bertz CT molecular complexity index is 816. The summed E-state index contributed by atoms with van der Waals surface area (Å²) in [7, 11) is 5.47. The minimum Gasteiger partial charge on any atom is -0.497 e. The third kappa shape index (κ3) is 5.99. The van der Waals surface area contributed by atoms with Gasteiger partial charge in [0.1, 0.15) is 5.75 Å². The van der Waals surface area contributed by atoms with Crippen LogP contribution in [-0.2, 0) is 9.47 Å². The second-order valence-corrected chi connectivity index (χ2v) is 5.55. The molecule has 27 heavy (non-hydrogen) atoms. The van der Waals surface area contributed by atoms with Gasteiger partial charge in [0.25, 0.3) is 0 Å². The maximum absolute atomic E-state index is 13.5. The molecule has 0 radical (unpaired) electrons. The topological polar surface area (TPSA) is 71.1 Å². The van der Waals surface area contributed by atoms with Gasteiger partial charge in [-0.25, -0.2) is 14.0 Å². The van der Waals surface area contributed by atoms with E-state index >= 15 is 0 Å². The standard InChI is InChI=1S/C10H11FO3.C10H12O3/c1-6-4-7(10(12)14-3)9(11)8(5-6)13-2;1-7-4-8(10(11)13-3)6-9(5-7)12-2/h4-5H,1-3H3;4-6H,1-3H3. The van der Waals surface area contributed by atoms with Gasteiger partial charge in [-0.15, -0.1) is 0 Å². The summed E-state index contributed by atoms with van der Waals surface area (Å²) in [4.78, 5) is 22.3. The molecule has 0 saturated heterocycles. The zero-order valence-corrected chi connectivity index (χ0v) is 16.2. The van der Waals surface area contributed by atoms with Crippen LogP contribution in [-0.4, -0.2) is 40.4 Å². The Morgan fingerprint density at radius 1 is 0.778 bits per heavy atom. The average Bonchev–Trinajstić information content (AvgIpc) is 2.67. The summed E-state index contributed by atoms with van der Waals surface area (Å²) in [6, 6.07) is 8.20. The van der Waals surface area contributed by atoms with E-state index in [2.05, 4.69) is 9.47 Å². The molecule has 0 heterocycles. The smallest absolute Gasteiger partial charge is 0.341 e. The van der Waals surface area contributed by atoms with Crippen molar-refractivity contribution < 1.29 is 32.9 Å². The Balaban J connectivity index is 0.000000271. The highest BCUT2D eigenvalue weighted by Crippen LogP contribution is 2.23. The molecule has 0 atom stereocenters.